The minimum Gasteiger partial charge on any atom is -0.393 e. The molecular weight excluding hydrogens is 484 g/mol. The van der Waals surface area contributed by atoms with Crippen LogP contribution < -0.4 is 0 Å². The Morgan fingerprint density at radius 2 is 0.475 bits per heavy atom. The molecule has 1 N–H and O–H groups in total. The van der Waals surface area contributed by atoms with E-state index in [1.165, 1.54) is 205 Å². The first kappa shape index (κ1) is 40.0. The van der Waals surface area contributed by atoms with Crippen LogP contribution in [-0.2, 0) is 0 Å². The molecule has 2 unspecified atom stereocenters. The predicted octanol–water partition coefficient (Wildman–Crippen LogP) is 14.3. The summed E-state index contributed by atoms with van der Waals surface area (Å²) in [7, 11) is 0. The van der Waals surface area contributed by atoms with E-state index in [1.807, 2.05) is 0 Å². The third-order valence-corrected chi connectivity index (χ3v) is 9.47. The van der Waals surface area contributed by atoms with E-state index in [4.69, 9.17) is 0 Å². The van der Waals surface area contributed by atoms with Crippen molar-refractivity contribution >= 4 is 0 Å². The summed E-state index contributed by atoms with van der Waals surface area (Å²) >= 11 is 0. The predicted molar refractivity (Wildman–Crippen MR) is 183 cm³/mol. The van der Waals surface area contributed by atoms with Gasteiger partial charge in [-0.25, -0.2) is 0 Å². The zero-order valence-corrected chi connectivity index (χ0v) is 28.6. The molecule has 0 rings (SSSR count). The van der Waals surface area contributed by atoms with Gasteiger partial charge >= 0.3 is 0 Å². The number of hydrogen-bond acceptors (Lipinski definition) is 1. The third-order valence-electron chi connectivity index (χ3n) is 9.47. The zero-order chi connectivity index (χ0) is 29.2. The summed E-state index contributed by atoms with van der Waals surface area (Å²) < 4.78 is 0. The molecule has 0 radical (unpaired) electrons. The molecule has 0 saturated carbocycles. The fraction of sp³-hybridized carbons (Fsp3) is 1.00. The minimum absolute atomic E-state index is 0.0423. The van der Waals surface area contributed by atoms with Gasteiger partial charge in [-0.1, -0.05) is 226 Å². The number of unbranched alkanes of at least 4 members (excludes halogenated alkanes) is 25. The standard InChI is InChI=1S/C39H80O/c1-4-7-10-13-16-18-19-20-21-23-26-31-36-39(40)37-32-27-30-35-38(33-28-24-15-12-9-6-3)34-29-25-22-17-14-11-8-5-2/h38-40H,4-37H2,1-3H3. The van der Waals surface area contributed by atoms with Gasteiger partial charge in [-0.2, -0.15) is 0 Å². The van der Waals surface area contributed by atoms with Gasteiger partial charge in [0.05, 0.1) is 6.10 Å². The maximum absolute atomic E-state index is 10.5. The van der Waals surface area contributed by atoms with Crippen LogP contribution in [0.25, 0.3) is 0 Å². The maximum Gasteiger partial charge on any atom is 0.0540 e. The molecule has 2 atom stereocenters. The average molecular weight is 565 g/mol. The molecule has 40 heavy (non-hydrogen) atoms. The van der Waals surface area contributed by atoms with Crippen LogP contribution in [0.1, 0.15) is 239 Å². The highest BCUT2D eigenvalue weighted by Gasteiger charge is 2.10. The van der Waals surface area contributed by atoms with Crippen molar-refractivity contribution in [2.24, 2.45) is 5.92 Å². The number of aliphatic hydroxyl groups is 1. The van der Waals surface area contributed by atoms with Crippen LogP contribution in [0.2, 0.25) is 0 Å². The lowest BCUT2D eigenvalue weighted by Gasteiger charge is -2.17. The van der Waals surface area contributed by atoms with Crippen molar-refractivity contribution in [2.75, 3.05) is 0 Å². The molecule has 0 heterocycles. The normalized spacial score (nSPS) is 13.2. The van der Waals surface area contributed by atoms with E-state index in [2.05, 4.69) is 20.8 Å². The van der Waals surface area contributed by atoms with E-state index in [1.54, 1.807) is 0 Å². The molecule has 0 bridgehead atoms. The Balaban J connectivity index is 3.78. The number of rotatable bonds is 35. The Labute approximate surface area is 255 Å². The molecule has 0 saturated heterocycles. The second kappa shape index (κ2) is 35.2. The fourth-order valence-corrected chi connectivity index (χ4v) is 6.57. The third kappa shape index (κ3) is 32.5. The molecule has 0 fully saturated rings. The quantitative estimate of drug-likeness (QED) is 0.0759. The van der Waals surface area contributed by atoms with Crippen LogP contribution in [0.5, 0.6) is 0 Å². The Hall–Kier alpha value is -0.0400. The van der Waals surface area contributed by atoms with Crippen molar-refractivity contribution in [3.05, 3.63) is 0 Å². The summed E-state index contributed by atoms with van der Waals surface area (Å²) in [6.45, 7) is 6.93. The second-order valence-electron chi connectivity index (χ2n) is 13.7. The minimum atomic E-state index is -0.0423. The molecule has 0 aliphatic rings. The summed E-state index contributed by atoms with van der Waals surface area (Å²) in [5.41, 5.74) is 0. The van der Waals surface area contributed by atoms with Crippen LogP contribution in [0.4, 0.5) is 0 Å². The molecule has 0 aliphatic heterocycles. The van der Waals surface area contributed by atoms with Crippen LogP contribution in [0.3, 0.4) is 0 Å². The van der Waals surface area contributed by atoms with Gasteiger partial charge in [-0.05, 0) is 18.8 Å². The van der Waals surface area contributed by atoms with Crippen LogP contribution in [0.15, 0.2) is 0 Å². The Morgan fingerprint density at radius 1 is 0.275 bits per heavy atom. The van der Waals surface area contributed by atoms with Gasteiger partial charge in [0.2, 0.25) is 0 Å². The van der Waals surface area contributed by atoms with E-state index in [0.717, 1.165) is 18.8 Å². The first-order valence-corrected chi connectivity index (χ1v) is 19.4. The molecule has 0 aromatic carbocycles. The average Bonchev–Trinajstić information content (AvgIpc) is 2.96. The zero-order valence-electron chi connectivity index (χ0n) is 28.6. The van der Waals surface area contributed by atoms with Crippen molar-refractivity contribution in [2.45, 2.75) is 245 Å². The van der Waals surface area contributed by atoms with Crippen LogP contribution >= 0.6 is 0 Å². The highest BCUT2D eigenvalue weighted by atomic mass is 16.3. The Kier molecular flexibility index (Phi) is 35.1. The topological polar surface area (TPSA) is 20.2 Å². The van der Waals surface area contributed by atoms with E-state index in [-0.39, 0.29) is 6.10 Å². The van der Waals surface area contributed by atoms with Gasteiger partial charge in [-0.3, -0.25) is 0 Å². The van der Waals surface area contributed by atoms with E-state index >= 15 is 0 Å². The fourth-order valence-electron chi connectivity index (χ4n) is 6.57. The lowest BCUT2D eigenvalue weighted by Crippen LogP contribution is -2.06. The Morgan fingerprint density at radius 3 is 0.750 bits per heavy atom. The number of aliphatic hydroxyl groups excluding tert-OH is 1. The summed E-state index contributed by atoms with van der Waals surface area (Å²) in [6, 6.07) is 0. The van der Waals surface area contributed by atoms with Gasteiger partial charge in [0, 0.05) is 0 Å². The van der Waals surface area contributed by atoms with Crippen molar-refractivity contribution in [3.63, 3.8) is 0 Å². The summed E-state index contributed by atoms with van der Waals surface area (Å²) in [4.78, 5) is 0. The molecule has 0 amide bonds. The summed E-state index contributed by atoms with van der Waals surface area (Å²) in [5, 5.41) is 10.5. The van der Waals surface area contributed by atoms with Gasteiger partial charge in [0.25, 0.3) is 0 Å². The van der Waals surface area contributed by atoms with Crippen molar-refractivity contribution < 1.29 is 5.11 Å². The molecule has 0 aliphatic carbocycles. The molecular formula is C39H80O. The second-order valence-corrected chi connectivity index (χ2v) is 13.7. The Bertz CT molecular complexity index is 433. The van der Waals surface area contributed by atoms with Gasteiger partial charge in [0.15, 0.2) is 0 Å². The first-order chi connectivity index (χ1) is 19.7. The summed E-state index contributed by atoms with van der Waals surface area (Å²) in [5.74, 6) is 0.970. The van der Waals surface area contributed by atoms with Crippen molar-refractivity contribution in [3.8, 4) is 0 Å². The molecule has 0 aromatic heterocycles. The van der Waals surface area contributed by atoms with Gasteiger partial charge < -0.3 is 5.11 Å². The lowest BCUT2D eigenvalue weighted by molar-refractivity contribution is 0.147. The largest absolute Gasteiger partial charge is 0.393 e. The van der Waals surface area contributed by atoms with E-state index in [0.29, 0.717) is 0 Å². The maximum atomic E-state index is 10.5. The lowest BCUT2D eigenvalue weighted by atomic mass is 9.89. The van der Waals surface area contributed by atoms with Crippen molar-refractivity contribution in [1.82, 2.24) is 0 Å². The molecule has 0 spiro atoms. The van der Waals surface area contributed by atoms with E-state index < -0.39 is 0 Å². The molecule has 1 heteroatoms. The molecule has 0 aromatic rings. The monoisotopic (exact) mass is 565 g/mol. The summed E-state index contributed by atoms with van der Waals surface area (Å²) in [6.07, 6.45) is 47.3. The molecule has 242 valence electrons. The molecule has 1 nitrogen and oxygen atoms in total. The highest BCUT2D eigenvalue weighted by Crippen LogP contribution is 2.25. The highest BCUT2D eigenvalue weighted by molar-refractivity contribution is 4.63. The number of hydrogen-bond donors (Lipinski definition) is 1. The van der Waals surface area contributed by atoms with Crippen molar-refractivity contribution in [1.29, 1.82) is 0 Å². The first-order valence-electron chi connectivity index (χ1n) is 19.4. The SMILES string of the molecule is CCCCCCCCCCCCCCC(O)CCCCCC(CCCCCCCC)CCCCCCCCCC. The van der Waals surface area contributed by atoms with Gasteiger partial charge in [0.1, 0.15) is 0 Å². The van der Waals surface area contributed by atoms with Crippen LogP contribution in [-0.4, -0.2) is 11.2 Å². The van der Waals surface area contributed by atoms with Crippen LogP contribution in [0, 0.1) is 5.92 Å². The van der Waals surface area contributed by atoms with Gasteiger partial charge in [-0.15, -0.1) is 0 Å². The van der Waals surface area contributed by atoms with E-state index in [9.17, 15) is 5.11 Å². The smallest absolute Gasteiger partial charge is 0.0540 e.